The van der Waals surface area contributed by atoms with Gasteiger partial charge in [-0.3, -0.25) is 0 Å². The summed E-state index contributed by atoms with van der Waals surface area (Å²) in [5.41, 5.74) is 3.27. The predicted octanol–water partition coefficient (Wildman–Crippen LogP) is 0.788. The third-order valence-electron chi connectivity index (χ3n) is 3.79. The molecule has 2 N–H and O–H groups in total. The van der Waals surface area contributed by atoms with Gasteiger partial charge in [-0.1, -0.05) is 0 Å². The highest BCUT2D eigenvalue weighted by molar-refractivity contribution is 5.90. The molecule has 2 heterocycles. The Balaban J connectivity index is 2.11. The van der Waals surface area contributed by atoms with Gasteiger partial charge >= 0.3 is 0 Å². The van der Waals surface area contributed by atoms with Crippen LogP contribution in [0, 0.1) is 13.8 Å². The maximum Gasteiger partial charge on any atom is 0.140 e. The molecule has 2 unspecified atom stereocenters. The summed E-state index contributed by atoms with van der Waals surface area (Å²) < 4.78 is 0. The highest BCUT2D eigenvalue weighted by Gasteiger charge is 2.31. The van der Waals surface area contributed by atoms with Crippen molar-refractivity contribution < 1.29 is 10.2 Å². The lowest BCUT2D eigenvalue weighted by molar-refractivity contribution is 0.0572. The van der Waals surface area contributed by atoms with Crippen LogP contribution in [0.2, 0.25) is 0 Å². The minimum absolute atomic E-state index is 0.403. The van der Waals surface area contributed by atoms with Crippen LogP contribution in [-0.2, 0) is 0 Å². The van der Waals surface area contributed by atoms with E-state index in [1.165, 1.54) is 17.5 Å². The average Bonchev–Trinajstić information content (AvgIpc) is 2.70. The van der Waals surface area contributed by atoms with Crippen LogP contribution in [0.15, 0.2) is 18.5 Å². The first-order valence-corrected chi connectivity index (χ1v) is 6.39. The Morgan fingerprint density at radius 3 is 2.37 bits per heavy atom. The van der Waals surface area contributed by atoms with Crippen LogP contribution < -0.4 is 4.90 Å². The number of aliphatic hydroxyl groups excluding tert-OH is 2. The molecule has 1 aliphatic rings. The average molecular weight is 259 g/mol. The molecule has 0 amide bonds. The zero-order valence-corrected chi connectivity index (χ0v) is 11.0. The molecular weight excluding hydrogens is 242 g/mol. The maximum atomic E-state index is 9.67. The summed E-state index contributed by atoms with van der Waals surface area (Å²) in [7, 11) is 0. The number of fused-ring (bicyclic) bond motifs is 1. The van der Waals surface area contributed by atoms with Crippen LogP contribution in [0.3, 0.4) is 0 Å². The third kappa shape index (κ3) is 2.05. The van der Waals surface area contributed by atoms with Crippen molar-refractivity contribution in [2.45, 2.75) is 26.1 Å². The summed E-state index contributed by atoms with van der Waals surface area (Å²) in [6.45, 7) is 4.92. The molecule has 0 aliphatic carbocycles. The standard InChI is InChI=1S/C14H17N3O2/c1-8-3-10-11(4-9(8)2)15-7-16-14(10)17-5-12(18)13(19)6-17/h3-4,7,12-13,18-19H,5-6H2,1-2H3. The second kappa shape index (κ2) is 4.43. The number of aryl methyl sites for hydroxylation is 2. The summed E-state index contributed by atoms with van der Waals surface area (Å²) in [5.74, 6) is 0.781. The zero-order valence-electron chi connectivity index (χ0n) is 11.0. The number of hydrogen-bond donors (Lipinski definition) is 2. The van der Waals surface area contributed by atoms with E-state index >= 15 is 0 Å². The molecule has 3 rings (SSSR count). The number of aromatic nitrogens is 2. The van der Waals surface area contributed by atoms with Gasteiger partial charge in [0, 0.05) is 18.5 Å². The molecule has 1 aromatic carbocycles. The van der Waals surface area contributed by atoms with E-state index < -0.39 is 12.2 Å². The van der Waals surface area contributed by atoms with E-state index in [0.29, 0.717) is 13.1 Å². The van der Waals surface area contributed by atoms with Gasteiger partial charge in [-0.05, 0) is 37.1 Å². The van der Waals surface area contributed by atoms with E-state index in [2.05, 4.69) is 29.9 Å². The molecule has 0 bridgehead atoms. The second-order valence-corrected chi connectivity index (χ2v) is 5.19. The summed E-state index contributed by atoms with van der Waals surface area (Å²) in [4.78, 5) is 10.5. The minimum atomic E-state index is -0.712. The van der Waals surface area contributed by atoms with Crippen LogP contribution in [0.5, 0.6) is 0 Å². The minimum Gasteiger partial charge on any atom is -0.389 e. The van der Waals surface area contributed by atoms with E-state index in [1.807, 2.05) is 11.0 Å². The van der Waals surface area contributed by atoms with Gasteiger partial charge in [0.2, 0.25) is 0 Å². The molecular formula is C14H17N3O2. The van der Waals surface area contributed by atoms with E-state index in [1.54, 1.807) is 0 Å². The fourth-order valence-electron chi connectivity index (χ4n) is 2.50. The van der Waals surface area contributed by atoms with Gasteiger partial charge in [0.25, 0.3) is 0 Å². The van der Waals surface area contributed by atoms with E-state index in [-0.39, 0.29) is 0 Å². The van der Waals surface area contributed by atoms with Gasteiger partial charge in [0.1, 0.15) is 12.1 Å². The van der Waals surface area contributed by atoms with Crippen LogP contribution in [0.1, 0.15) is 11.1 Å². The molecule has 2 atom stereocenters. The smallest absolute Gasteiger partial charge is 0.140 e. The Labute approximate surface area is 111 Å². The molecule has 5 heteroatoms. The Morgan fingerprint density at radius 2 is 1.68 bits per heavy atom. The molecule has 100 valence electrons. The van der Waals surface area contributed by atoms with Gasteiger partial charge in [0.05, 0.1) is 17.7 Å². The van der Waals surface area contributed by atoms with E-state index in [9.17, 15) is 10.2 Å². The quantitative estimate of drug-likeness (QED) is 0.792. The molecule has 0 saturated carbocycles. The zero-order chi connectivity index (χ0) is 13.6. The second-order valence-electron chi connectivity index (χ2n) is 5.19. The number of anilines is 1. The molecule has 19 heavy (non-hydrogen) atoms. The molecule has 2 aromatic rings. The Kier molecular flexibility index (Phi) is 2.88. The van der Waals surface area contributed by atoms with Crippen molar-refractivity contribution in [3.63, 3.8) is 0 Å². The topological polar surface area (TPSA) is 69.5 Å². The fourth-order valence-corrected chi connectivity index (χ4v) is 2.50. The van der Waals surface area contributed by atoms with Crippen molar-refractivity contribution in [3.8, 4) is 0 Å². The number of β-amino-alcohol motifs (C(OH)–C–C–N with tert-alkyl or cyclic N) is 2. The lowest BCUT2D eigenvalue weighted by Crippen LogP contribution is -2.22. The first-order chi connectivity index (χ1) is 9.06. The van der Waals surface area contributed by atoms with Crippen molar-refractivity contribution in [3.05, 3.63) is 29.6 Å². The summed E-state index contributed by atoms with van der Waals surface area (Å²) in [6, 6.07) is 4.11. The van der Waals surface area contributed by atoms with Gasteiger partial charge in [0.15, 0.2) is 0 Å². The summed E-state index contributed by atoms with van der Waals surface area (Å²) in [6.07, 6.45) is 0.108. The Hall–Kier alpha value is -1.72. The van der Waals surface area contributed by atoms with Crippen molar-refractivity contribution in [2.75, 3.05) is 18.0 Å². The molecule has 0 spiro atoms. The van der Waals surface area contributed by atoms with Crippen molar-refractivity contribution in [1.82, 2.24) is 9.97 Å². The lowest BCUT2D eigenvalue weighted by Gasteiger charge is -2.18. The van der Waals surface area contributed by atoms with Crippen LogP contribution in [0.25, 0.3) is 10.9 Å². The van der Waals surface area contributed by atoms with Crippen LogP contribution in [-0.4, -0.2) is 45.5 Å². The highest BCUT2D eigenvalue weighted by atomic mass is 16.3. The molecule has 5 nitrogen and oxygen atoms in total. The van der Waals surface area contributed by atoms with Crippen LogP contribution >= 0.6 is 0 Å². The summed E-state index contributed by atoms with van der Waals surface area (Å²) >= 11 is 0. The molecule has 1 fully saturated rings. The predicted molar refractivity (Wildman–Crippen MR) is 73.2 cm³/mol. The Bertz CT molecular complexity index is 619. The number of nitrogens with zero attached hydrogens (tertiary/aromatic N) is 3. The van der Waals surface area contributed by atoms with Gasteiger partial charge < -0.3 is 15.1 Å². The van der Waals surface area contributed by atoms with Crippen molar-refractivity contribution in [2.24, 2.45) is 0 Å². The van der Waals surface area contributed by atoms with Gasteiger partial charge in [-0.2, -0.15) is 0 Å². The fraction of sp³-hybridized carbons (Fsp3) is 0.429. The SMILES string of the molecule is Cc1cc2ncnc(N3CC(O)C(O)C3)c2cc1C. The largest absolute Gasteiger partial charge is 0.389 e. The molecule has 1 aromatic heterocycles. The Morgan fingerprint density at radius 1 is 1.05 bits per heavy atom. The highest BCUT2D eigenvalue weighted by Crippen LogP contribution is 2.28. The first kappa shape index (κ1) is 12.3. The summed E-state index contributed by atoms with van der Waals surface area (Å²) in [5, 5.41) is 20.3. The number of aliphatic hydroxyl groups is 2. The number of benzene rings is 1. The normalized spacial score (nSPS) is 23.3. The number of rotatable bonds is 1. The first-order valence-electron chi connectivity index (χ1n) is 6.39. The van der Waals surface area contributed by atoms with E-state index in [4.69, 9.17) is 0 Å². The molecule has 1 aliphatic heterocycles. The monoisotopic (exact) mass is 259 g/mol. The van der Waals surface area contributed by atoms with Crippen molar-refractivity contribution >= 4 is 16.7 Å². The van der Waals surface area contributed by atoms with Crippen LogP contribution in [0.4, 0.5) is 5.82 Å². The van der Waals surface area contributed by atoms with Gasteiger partial charge in [-0.25, -0.2) is 9.97 Å². The van der Waals surface area contributed by atoms with Crippen molar-refractivity contribution in [1.29, 1.82) is 0 Å². The third-order valence-corrected chi connectivity index (χ3v) is 3.79. The number of hydrogen-bond acceptors (Lipinski definition) is 5. The molecule has 0 radical (unpaired) electrons. The maximum absolute atomic E-state index is 9.67. The molecule has 1 saturated heterocycles. The van der Waals surface area contributed by atoms with Gasteiger partial charge in [-0.15, -0.1) is 0 Å². The lowest BCUT2D eigenvalue weighted by atomic mass is 10.1. The van der Waals surface area contributed by atoms with E-state index in [0.717, 1.165) is 16.7 Å².